The summed E-state index contributed by atoms with van der Waals surface area (Å²) in [6, 6.07) is 1.26. The van der Waals surface area contributed by atoms with E-state index in [0.717, 1.165) is 18.3 Å². The smallest absolute Gasteiger partial charge is 0.439 e. The van der Waals surface area contributed by atoms with Gasteiger partial charge in [0.1, 0.15) is 5.92 Å². The Labute approximate surface area is 155 Å². The van der Waals surface area contributed by atoms with Gasteiger partial charge in [0.2, 0.25) is 0 Å². The van der Waals surface area contributed by atoms with E-state index in [9.17, 15) is 32.7 Å². The van der Waals surface area contributed by atoms with Gasteiger partial charge >= 0.3 is 18.2 Å². The number of ether oxygens (including phenoxy) is 1. The molecule has 0 bridgehead atoms. The number of rotatable bonds is 5. The third-order valence-corrected chi connectivity index (χ3v) is 4.80. The first-order chi connectivity index (χ1) is 12.5. The molecule has 4 N–H and O–H groups in total. The van der Waals surface area contributed by atoms with Gasteiger partial charge in [0.25, 0.3) is 5.72 Å². The van der Waals surface area contributed by atoms with Gasteiger partial charge in [0.05, 0.1) is 17.1 Å². The maximum atomic E-state index is 13.9. The average Bonchev–Trinajstić information content (AvgIpc) is 3.15. The molecule has 8 nitrogen and oxygen atoms in total. The Balaban J connectivity index is 2.72. The molecule has 0 aromatic carbocycles. The summed E-state index contributed by atoms with van der Waals surface area (Å²) in [4.78, 5) is 36.2. The van der Waals surface area contributed by atoms with Crippen LogP contribution in [0.2, 0.25) is 0 Å². The number of nitrogens with zero attached hydrogens (tertiary/aromatic N) is 1. The number of hydrazine groups is 1. The number of Topliss-reactive ketones (excluding diaryl/α,β-unsaturated/α-hetero) is 1. The second kappa shape index (κ2) is 7.19. The fourth-order valence-corrected chi connectivity index (χ4v) is 3.53. The van der Waals surface area contributed by atoms with Crippen molar-refractivity contribution in [3.05, 3.63) is 33.7 Å². The Morgan fingerprint density at radius 3 is 2.52 bits per heavy atom. The van der Waals surface area contributed by atoms with Crippen LogP contribution in [0.1, 0.15) is 23.5 Å². The average molecular weight is 407 g/mol. The Morgan fingerprint density at radius 2 is 2.07 bits per heavy atom. The lowest BCUT2D eigenvalue weighted by Crippen LogP contribution is -2.66. The van der Waals surface area contributed by atoms with Gasteiger partial charge in [-0.25, -0.2) is 20.0 Å². The number of hydrogen-bond donors (Lipinski definition) is 3. The minimum atomic E-state index is -5.44. The normalized spacial score (nSPS) is 22.7. The SMILES string of the molecule is CCOC(=O)C1=C(C)N(NC(N)=O)C(O)(C(F)(F)F)C1C(=O)c1cccs1. The molecular weight excluding hydrogens is 391 g/mol. The van der Waals surface area contributed by atoms with E-state index in [1.165, 1.54) is 24.4 Å². The maximum absolute atomic E-state index is 13.9. The van der Waals surface area contributed by atoms with Gasteiger partial charge in [0.15, 0.2) is 5.78 Å². The highest BCUT2D eigenvalue weighted by Gasteiger charge is 2.71. The van der Waals surface area contributed by atoms with E-state index in [1.54, 1.807) is 5.43 Å². The van der Waals surface area contributed by atoms with E-state index >= 15 is 0 Å². The molecule has 1 aliphatic heterocycles. The quantitative estimate of drug-likeness (QED) is 0.503. The van der Waals surface area contributed by atoms with E-state index in [1.807, 2.05) is 0 Å². The molecule has 12 heteroatoms. The van der Waals surface area contributed by atoms with Gasteiger partial charge in [-0.2, -0.15) is 13.2 Å². The lowest BCUT2D eigenvalue weighted by Gasteiger charge is -2.39. The summed E-state index contributed by atoms with van der Waals surface area (Å²) >= 11 is 0.839. The van der Waals surface area contributed by atoms with Crippen LogP contribution in [0.3, 0.4) is 0 Å². The third-order valence-electron chi connectivity index (χ3n) is 3.92. The number of primary amides is 1. The Hall–Kier alpha value is -2.60. The second-order valence-electron chi connectivity index (χ2n) is 5.53. The lowest BCUT2D eigenvalue weighted by molar-refractivity contribution is -0.318. The number of amides is 2. The van der Waals surface area contributed by atoms with Gasteiger partial charge in [-0.1, -0.05) is 6.07 Å². The van der Waals surface area contributed by atoms with Crippen LogP contribution in [-0.4, -0.2) is 46.4 Å². The summed E-state index contributed by atoms with van der Waals surface area (Å²) in [7, 11) is 0. The zero-order valence-electron chi connectivity index (χ0n) is 14.2. The summed E-state index contributed by atoms with van der Waals surface area (Å²) in [5.41, 5.74) is 1.37. The van der Waals surface area contributed by atoms with Crippen LogP contribution in [0.5, 0.6) is 0 Å². The van der Waals surface area contributed by atoms with Crippen LogP contribution in [0.15, 0.2) is 28.8 Å². The van der Waals surface area contributed by atoms with Gasteiger partial charge in [-0.3, -0.25) is 4.79 Å². The number of esters is 1. The Bertz CT molecular complexity index is 793. The number of carbonyl (C=O) groups is 3. The fourth-order valence-electron chi connectivity index (χ4n) is 2.83. The summed E-state index contributed by atoms with van der Waals surface area (Å²) in [5, 5.41) is 12.0. The molecule has 0 aliphatic carbocycles. The molecule has 0 saturated heterocycles. The number of halogens is 3. The van der Waals surface area contributed by atoms with Crippen LogP contribution < -0.4 is 11.2 Å². The molecule has 2 atom stereocenters. The van der Waals surface area contributed by atoms with Crippen LogP contribution >= 0.6 is 11.3 Å². The van der Waals surface area contributed by atoms with Crippen LogP contribution in [0.4, 0.5) is 18.0 Å². The van der Waals surface area contributed by atoms with Crippen molar-refractivity contribution in [3.63, 3.8) is 0 Å². The van der Waals surface area contributed by atoms with Crippen molar-refractivity contribution >= 4 is 29.1 Å². The molecule has 2 amide bonds. The number of thiophene rings is 1. The maximum Gasteiger partial charge on any atom is 0.439 e. The zero-order chi connectivity index (χ0) is 20.6. The van der Waals surface area contributed by atoms with Crippen molar-refractivity contribution in [2.75, 3.05) is 6.61 Å². The molecule has 148 valence electrons. The zero-order valence-corrected chi connectivity index (χ0v) is 15.0. The number of alkyl halides is 3. The van der Waals surface area contributed by atoms with Crippen molar-refractivity contribution < 1.29 is 37.4 Å². The molecule has 1 aromatic heterocycles. The molecule has 2 unspecified atom stereocenters. The number of carbonyl (C=O) groups excluding carboxylic acids is 3. The van der Waals surface area contributed by atoms with Crippen molar-refractivity contribution in [3.8, 4) is 0 Å². The van der Waals surface area contributed by atoms with Gasteiger partial charge in [0, 0.05) is 5.70 Å². The van der Waals surface area contributed by atoms with Crippen LogP contribution in [-0.2, 0) is 9.53 Å². The molecule has 2 rings (SSSR count). The number of nitrogens with two attached hydrogens (primary N) is 1. The molecule has 2 heterocycles. The minimum absolute atomic E-state index is 0.0161. The highest BCUT2D eigenvalue weighted by atomic mass is 32.1. The second-order valence-corrected chi connectivity index (χ2v) is 6.48. The third kappa shape index (κ3) is 3.37. The van der Waals surface area contributed by atoms with Crippen molar-refractivity contribution in [1.29, 1.82) is 0 Å². The predicted molar refractivity (Wildman–Crippen MR) is 87.0 cm³/mol. The van der Waals surface area contributed by atoms with E-state index in [0.29, 0.717) is 0 Å². The highest BCUT2D eigenvalue weighted by molar-refractivity contribution is 7.12. The number of allylic oxidation sites excluding steroid dienone is 1. The van der Waals surface area contributed by atoms with E-state index in [-0.39, 0.29) is 16.5 Å². The summed E-state index contributed by atoms with van der Waals surface area (Å²) in [5.74, 6) is -4.76. The first kappa shape index (κ1) is 20.7. The first-order valence-electron chi connectivity index (χ1n) is 7.57. The van der Waals surface area contributed by atoms with Gasteiger partial charge in [-0.05, 0) is 25.3 Å². The molecular formula is C15H16F3N3O5S. The standard InChI is InChI=1S/C15H16F3N3O5S/c1-3-26-12(23)9-7(2)21(20-13(19)24)14(25,15(16,17)18)10(9)11(22)8-5-4-6-27-8/h4-6,10,25H,3H2,1-2H3,(H3,19,20,24). The molecule has 0 fully saturated rings. The molecule has 0 spiro atoms. The van der Waals surface area contributed by atoms with E-state index in [4.69, 9.17) is 10.5 Å². The number of ketones is 1. The van der Waals surface area contributed by atoms with Crippen molar-refractivity contribution in [2.45, 2.75) is 25.7 Å². The molecule has 1 aromatic rings. The van der Waals surface area contributed by atoms with Gasteiger partial charge in [-0.15, -0.1) is 11.3 Å². The summed E-state index contributed by atoms with van der Waals surface area (Å²) in [6.07, 6.45) is -5.44. The summed E-state index contributed by atoms with van der Waals surface area (Å²) in [6.45, 7) is 2.28. The molecule has 1 aliphatic rings. The van der Waals surface area contributed by atoms with Crippen LogP contribution in [0.25, 0.3) is 0 Å². The molecule has 27 heavy (non-hydrogen) atoms. The largest absolute Gasteiger partial charge is 0.463 e. The number of nitrogens with one attached hydrogen (secondary N) is 1. The van der Waals surface area contributed by atoms with E-state index in [2.05, 4.69) is 0 Å². The van der Waals surface area contributed by atoms with Crippen molar-refractivity contribution in [2.24, 2.45) is 11.7 Å². The predicted octanol–water partition coefficient (Wildman–Crippen LogP) is 1.53. The molecule has 0 saturated carbocycles. The minimum Gasteiger partial charge on any atom is -0.463 e. The number of hydrogen-bond acceptors (Lipinski definition) is 7. The topological polar surface area (TPSA) is 122 Å². The highest BCUT2D eigenvalue weighted by Crippen LogP contribution is 2.50. The monoisotopic (exact) mass is 407 g/mol. The fraction of sp³-hybridized carbons (Fsp3) is 0.400. The van der Waals surface area contributed by atoms with Gasteiger partial charge < -0.3 is 15.6 Å². The van der Waals surface area contributed by atoms with Crippen LogP contribution in [0, 0.1) is 5.92 Å². The van der Waals surface area contributed by atoms with E-state index < -0.39 is 46.9 Å². The first-order valence-corrected chi connectivity index (χ1v) is 8.45. The molecule has 0 radical (unpaired) electrons. The lowest BCUT2D eigenvalue weighted by atomic mass is 9.85. The van der Waals surface area contributed by atoms with Crippen molar-refractivity contribution in [1.82, 2.24) is 10.4 Å². The summed E-state index contributed by atoms with van der Waals surface area (Å²) < 4.78 is 46.4. The number of urea groups is 1. The Kier molecular flexibility index (Phi) is 5.52. The Morgan fingerprint density at radius 1 is 1.44 bits per heavy atom. The number of aliphatic hydroxyl groups is 1.